The third kappa shape index (κ3) is 2.37. The fraction of sp³-hybridized carbons (Fsp3) is 0.643. The molecule has 4 heteroatoms. The minimum Gasteiger partial charge on any atom is -0.481 e. The van der Waals surface area contributed by atoms with Crippen LogP contribution in [0, 0.1) is 45.8 Å². The van der Waals surface area contributed by atoms with Crippen LogP contribution in [0.3, 0.4) is 0 Å². The average molecular weight is 437 g/mol. The zero-order valence-corrected chi connectivity index (χ0v) is 19.5. The lowest BCUT2D eigenvalue weighted by molar-refractivity contribution is -0.194. The van der Waals surface area contributed by atoms with Crippen LogP contribution in [0.2, 0.25) is 0 Å². The van der Waals surface area contributed by atoms with Crippen molar-refractivity contribution in [3.05, 3.63) is 47.5 Å². The van der Waals surface area contributed by atoms with Gasteiger partial charge in [-0.05, 0) is 67.3 Å². The third-order valence-electron chi connectivity index (χ3n) is 10.1. The zero-order chi connectivity index (χ0) is 22.9. The highest BCUT2D eigenvalue weighted by Gasteiger charge is 2.85. The monoisotopic (exact) mass is 436 g/mol. The van der Waals surface area contributed by atoms with Gasteiger partial charge in [-0.1, -0.05) is 69.2 Å². The normalized spacial score (nSPS) is 42.6. The maximum absolute atomic E-state index is 13.4. The number of aldehydes is 1. The van der Waals surface area contributed by atoms with Crippen LogP contribution in [0.4, 0.5) is 0 Å². The van der Waals surface area contributed by atoms with Gasteiger partial charge in [-0.3, -0.25) is 4.79 Å². The maximum Gasteiger partial charge on any atom is 0.315 e. The fourth-order valence-corrected chi connectivity index (χ4v) is 9.08. The van der Waals surface area contributed by atoms with Gasteiger partial charge in [0.2, 0.25) is 0 Å². The summed E-state index contributed by atoms with van der Waals surface area (Å²) in [5.41, 5.74) is -0.945. The van der Waals surface area contributed by atoms with Gasteiger partial charge in [0, 0.05) is 5.41 Å². The van der Waals surface area contributed by atoms with Gasteiger partial charge in [0.05, 0.1) is 11.5 Å². The van der Waals surface area contributed by atoms with Gasteiger partial charge in [0.25, 0.3) is 0 Å². The molecule has 3 saturated carbocycles. The molecule has 5 rings (SSSR count). The number of allylic oxidation sites excluding steroid dienone is 1. The molecule has 32 heavy (non-hydrogen) atoms. The first-order chi connectivity index (χ1) is 15.3. The number of aryl methyl sites for hydroxylation is 1. The fourth-order valence-electron chi connectivity index (χ4n) is 9.08. The molecule has 0 heterocycles. The van der Waals surface area contributed by atoms with Gasteiger partial charge in [0.1, 0.15) is 11.7 Å². The molecular weight excluding hydrogens is 400 g/mol. The van der Waals surface area contributed by atoms with Crippen LogP contribution in [-0.2, 0) is 16.0 Å². The van der Waals surface area contributed by atoms with Crippen molar-refractivity contribution >= 4 is 12.3 Å². The Balaban J connectivity index is 1.66. The number of carboxylic acids is 1. The first-order valence-electron chi connectivity index (χ1n) is 12.4. The number of benzene rings is 1. The summed E-state index contributed by atoms with van der Waals surface area (Å²) >= 11 is 0. The van der Waals surface area contributed by atoms with Crippen LogP contribution in [0.15, 0.2) is 42.0 Å². The number of hydrogen-bond donors (Lipinski definition) is 2. The summed E-state index contributed by atoms with van der Waals surface area (Å²) in [6, 6.07) is 10.1. The minimum atomic E-state index is -1.29. The lowest BCUT2D eigenvalue weighted by atomic mass is 9.41. The van der Waals surface area contributed by atoms with Gasteiger partial charge in [0.15, 0.2) is 0 Å². The predicted molar refractivity (Wildman–Crippen MR) is 123 cm³/mol. The predicted octanol–water partition coefficient (Wildman–Crippen LogP) is 4.90. The lowest BCUT2D eigenvalue weighted by Crippen LogP contribution is -2.65. The van der Waals surface area contributed by atoms with Crippen molar-refractivity contribution in [3.8, 4) is 0 Å². The van der Waals surface area contributed by atoms with Gasteiger partial charge in [-0.25, -0.2) is 0 Å². The molecule has 4 aliphatic carbocycles. The van der Waals surface area contributed by atoms with Crippen LogP contribution in [0.1, 0.15) is 58.4 Å². The van der Waals surface area contributed by atoms with Crippen molar-refractivity contribution in [2.45, 2.75) is 65.4 Å². The largest absolute Gasteiger partial charge is 0.481 e. The van der Waals surface area contributed by atoms with E-state index in [0.717, 1.165) is 30.3 Å². The number of aliphatic hydroxyl groups excluding tert-OH is 1. The number of carbonyl (C=O) groups excluding carboxylic acids is 1. The van der Waals surface area contributed by atoms with Crippen LogP contribution in [0.25, 0.3) is 0 Å². The summed E-state index contributed by atoms with van der Waals surface area (Å²) < 4.78 is 0. The van der Waals surface area contributed by atoms with Crippen molar-refractivity contribution in [3.63, 3.8) is 0 Å². The second-order valence-electron chi connectivity index (χ2n) is 11.4. The van der Waals surface area contributed by atoms with Gasteiger partial charge < -0.3 is 15.0 Å². The van der Waals surface area contributed by atoms with E-state index < -0.39 is 28.3 Å². The molecule has 172 valence electrons. The molecule has 0 aromatic heterocycles. The second kappa shape index (κ2) is 7.28. The molecule has 8 atom stereocenters. The smallest absolute Gasteiger partial charge is 0.315 e. The molecule has 1 aromatic rings. The van der Waals surface area contributed by atoms with Crippen molar-refractivity contribution in [2.24, 2.45) is 45.8 Å². The highest BCUT2D eigenvalue weighted by molar-refractivity contribution is 5.90. The topological polar surface area (TPSA) is 74.6 Å². The van der Waals surface area contributed by atoms with Crippen LogP contribution in [0.5, 0.6) is 0 Å². The summed E-state index contributed by atoms with van der Waals surface area (Å²) in [5, 5.41) is 22.9. The molecule has 1 aromatic carbocycles. The van der Waals surface area contributed by atoms with Gasteiger partial charge in [-0.15, -0.1) is 0 Å². The minimum absolute atomic E-state index is 0.0341. The summed E-state index contributed by atoms with van der Waals surface area (Å²) in [6.07, 6.45) is 6.93. The Hall–Kier alpha value is -1.94. The highest BCUT2D eigenvalue weighted by Crippen LogP contribution is 2.83. The first kappa shape index (κ1) is 21.9. The number of aliphatic carboxylic acids is 1. The molecule has 5 unspecified atom stereocenters. The summed E-state index contributed by atoms with van der Waals surface area (Å²) in [7, 11) is 0. The molecule has 4 bridgehead atoms. The van der Waals surface area contributed by atoms with Gasteiger partial charge in [-0.2, -0.15) is 0 Å². The quantitative estimate of drug-likeness (QED) is 0.471. The molecular formula is C28H36O4. The van der Waals surface area contributed by atoms with E-state index in [9.17, 15) is 19.8 Å². The van der Waals surface area contributed by atoms with E-state index in [0.29, 0.717) is 37.5 Å². The Morgan fingerprint density at radius 3 is 2.53 bits per heavy atom. The van der Waals surface area contributed by atoms with E-state index >= 15 is 0 Å². The molecule has 0 aliphatic heterocycles. The molecule has 3 fully saturated rings. The third-order valence-corrected chi connectivity index (χ3v) is 10.1. The lowest BCUT2D eigenvalue weighted by Gasteiger charge is -2.59. The van der Waals surface area contributed by atoms with Gasteiger partial charge >= 0.3 is 5.97 Å². The molecule has 4 aliphatic rings. The Kier molecular flexibility index (Phi) is 4.98. The van der Waals surface area contributed by atoms with Crippen LogP contribution < -0.4 is 0 Å². The van der Waals surface area contributed by atoms with E-state index in [-0.39, 0.29) is 17.8 Å². The number of carbonyl (C=O) groups is 2. The number of carboxylic acid groups (broad SMARTS) is 1. The molecule has 0 saturated heterocycles. The van der Waals surface area contributed by atoms with E-state index in [1.165, 1.54) is 0 Å². The van der Waals surface area contributed by atoms with Crippen LogP contribution >= 0.6 is 0 Å². The average Bonchev–Trinajstić information content (AvgIpc) is 3.36. The SMILES string of the molecule is CC(C)C1=CC2CC3(C=O)[C@@H]4CC[C@@H](C)[C@H]4CC2(C(O)CCc2ccccc2)C13C(=O)O. The van der Waals surface area contributed by atoms with E-state index in [1.54, 1.807) is 0 Å². The summed E-state index contributed by atoms with van der Waals surface area (Å²) in [4.78, 5) is 26.4. The summed E-state index contributed by atoms with van der Waals surface area (Å²) in [6.45, 7) is 6.35. The van der Waals surface area contributed by atoms with Crippen molar-refractivity contribution in [1.82, 2.24) is 0 Å². The highest BCUT2D eigenvalue weighted by atomic mass is 16.4. The Bertz CT molecular complexity index is 951. The van der Waals surface area contributed by atoms with E-state index in [2.05, 4.69) is 25.1 Å². The molecule has 4 nitrogen and oxygen atoms in total. The van der Waals surface area contributed by atoms with Crippen LogP contribution in [-0.4, -0.2) is 28.6 Å². The number of hydrogen-bond acceptors (Lipinski definition) is 3. The second-order valence-corrected chi connectivity index (χ2v) is 11.4. The molecule has 0 amide bonds. The Labute approximate surface area is 191 Å². The maximum atomic E-state index is 13.4. The number of aliphatic hydroxyl groups is 1. The molecule has 0 radical (unpaired) electrons. The molecule has 0 spiro atoms. The molecule has 2 N–H and O–H groups in total. The summed E-state index contributed by atoms with van der Waals surface area (Å²) in [5.74, 6) is -0.0268. The Morgan fingerprint density at radius 1 is 1.19 bits per heavy atom. The zero-order valence-electron chi connectivity index (χ0n) is 19.5. The standard InChI is InChI=1S/C28H36O4/c1-17(2)23-13-20-14-26(16-29)22-11-9-18(3)21(22)15-27(20,28(23,26)25(31)32)24(30)12-10-19-7-5-4-6-8-19/h4-8,13,16-18,20-22,24,30H,9-12,14-15H2,1-3H3,(H,31,32)/t18-,20?,21-,22-,24?,26?,27?,28?/m1/s1. The number of rotatable bonds is 7. The van der Waals surface area contributed by atoms with Crippen molar-refractivity contribution < 1.29 is 19.8 Å². The van der Waals surface area contributed by atoms with Crippen molar-refractivity contribution in [2.75, 3.05) is 0 Å². The van der Waals surface area contributed by atoms with Crippen molar-refractivity contribution in [1.29, 1.82) is 0 Å². The van der Waals surface area contributed by atoms with E-state index in [4.69, 9.17) is 0 Å². The number of fused-ring (bicyclic) bond motifs is 2. The first-order valence-corrected chi connectivity index (χ1v) is 12.4. The Morgan fingerprint density at radius 2 is 1.91 bits per heavy atom. The van der Waals surface area contributed by atoms with E-state index in [1.807, 2.05) is 32.0 Å².